The van der Waals surface area contributed by atoms with Gasteiger partial charge in [-0.15, -0.1) is 0 Å². The minimum Gasteiger partial charge on any atom is -0.375 e. The van der Waals surface area contributed by atoms with Crippen molar-refractivity contribution in [2.45, 2.75) is 18.6 Å². The normalized spacial score (nSPS) is 22.4. The predicted octanol–water partition coefficient (Wildman–Crippen LogP) is 1.80. The van der Waals surface area contributed by atoms with E-state index in [1.54, 1.807) is 0 Å². The molecule has 2 atom stereocenters. The Morgan fingerprint density at radius 3 is 2.82 bits per heavy atom. The third-order valence-electron chi connectivity index (χ3n) is 2.87. The Bertz CT molecular complexity index is 341. The quantitative estimate of drug-likeness (QED) is 0.486. The lowest BCUT2D eigenvalue weighted by Gasteiger charge is -2.29. The molecular weight excluding hydrogens is 347 g/mol. The van der Waals surface area contributed by atoms with E-state index in [4.69, 9.17) is 10.6 Å². The molecule has 0 bridgehead atoms. The van der Waals surface area contributed by atoms with E-state index in [1.807, 2.05) is 11.8 Å². The molecular formula is C12H17IN2OS. The minimum absolute atomic E-state index is 0.197. The van der Waals surface area contributed by atoms with Crippen molar-refractivity contribution in [1.29, 1.82) is 0 Å². The van der Waals surface area contributed by atoms with Crippen LogP contribution in [-0.4, -0.2) is 30.3 Å². The van der Waals surface area contributed by atoms with Crippen LogP contribution in [0.5, 0.6) is 0 Å². The summed E-state index contributed by atoms with van der Waals surface area (Å²) in [7, 11) is 0. The van der Waals surface area contributed by atoms with Crippen LogP contribution < -0.4 is 11.3 Å². The number of benzene rings is 1. The van der Waals surface area contributed by atoms with Gasteiger partial charge in [-0.3, -0.25) is 11.3 Å². The van der Waals surface area contributed by atoms with Crippen molar-refractivity contribution in [3.63, 3.8) is 0 Å². The monoisotopic (exact) mass is 364 g/mol. The predicted molar refractivity (Wildman–Crippen MR) is 81.0 cm³/mol. The summed E-state index contributed by atoms with van der Waals surface area (Å²) in [6.07, 6.45) is 1.14. The van der Waals surface area contributed by atoms with Crippen LogP contribution in [0.25, 0.3) is 0 Å². The zero-order valence-electron chi connectivity index (χ0n) is 9.56. The highest BCUT2D eigenvalue weighted by Gasteiger charge is 2.24. The molecule has 2 rings (SSSR count). The van der Waals surface area contributed by atoms with Gasteiger partial charge in [0.1, 0.15) is 0 Å². The van der Waals surface area contributed by atoms with Gasteiger partial charge in [0.25, 0.3) is 0 Å². The summed E-state index contributed by atoms with van der Waals surface area (Å²) in [5.41, 5.74) is 4.19. The molecule has 17 heavy (non-hydrogen) atoms. The molecule has 0 saturated carbocycles. The molecule has 1 saturated heterocycles. The average Bonchev–Trinajstić information content (AvgIpc) is 2.39. The Morgan fingerprint density at radius 1 is 1.47 bits per heavy atom. The van der Waals surface area contributed by atoms with Crippen LogP contribution in [0.2, 0.25) is 0 Å². The van der Waals surface area contributed by atoms with Gasteiger partial charge in [-0.25, -0.2) is 0 Å². The third-order valence-corrected chi connectivity index (χ3v) is 4.61. The minimum atomic E-state index is 0.197. The van der Waals surface area contributed by atoms with E-state index in [-0.39, 0.29) is 12.1 Å². The van der Waals surface area contributed by atoms with E-state index in [9.17, 15) is 0 Å². The Kier molecular flexibility index (Phi) is 5.55. The van der Waals surface area contributed by atoms with Crippen molar-refractivity contribution in [2.75, 3.05) is 18.1 Å². The molecule has 1 aliphatic heterocycles. The first kappa shape index (κ1) is 13.6. The number of hydrazine groups is 1. The zero-order chi connectivity index (χ0) is 12.1. The largest absolute Gasteiger partial charge is 0.375 e. The van der Waals surface area contributed by atoms with E-state index in [0.29, 0.717) is 0 Å². The Labute approximate surface area is 120 Å². The summed E-state index contributed by atoms with van der Waals surface area (Å²) >= 11 is 4.25. The fourth-order valence-corrected chi connectivity index (χ4v) is 3.21. The second kappa shape index (κ2) is 6.94. The molecule has 0 radical (unpaired) electrons. The lowest BCUT2D eigenvalue weighted by molar-refractivity contribution is 0.0472. The Balaban J connectivity index is 1.96. The van der Waals surface area contributed by atoms with Crippen LogP contribution in [0, 0.1) is 3.57 Å². The number of nitrogens with two attached hydrogens (primary N) is 1. The van der Waals surface area contributed by atoms with Crippen LogP contribution in [0.3, 0.4) is 0 Å². The van der Waals surface area contributed by atoms with Crippen molar-refractivity contribution in [3.05, 3.63) is 33.4 Å². The number of thioether (sulfide) groups is 1. The van der Waals surface area contributed by atoms with Gasteiger partial charge in [0.05, 0.1) is 18.8 Å². The molecule has 0 amide bonds. The zero-order valence-corrected chi connectivity index (χ0v) is 12.5. The van der Waals surface area contributed by atoms with Gasteiger partial charge in [-0.1, -0.05) is 12.1 Å². The SMILES string of the molecule is NNC(Cc1ccc(I)cc1)C1CSCCO1. The number of halogens is 1. The van der Waals surface area contributed by atoms with E-state index < -0.39 is 0 Å². The summed E-state index contributed by atoms with van der Waals surface area (Å²) < 4.78 is 7.02. The molecule has 1 aliphatic rings. The highest BCUT2D eigenvalue weighted by atomic mass is 127. The first-order chi connectivity index (χ1) is 8.29. The second-order valence-corrected chi connectivity index (χ2v) is 6.48. The first-order valence-electron chi connectivity index (χ1n) is 5.69. The van der Waals surface area contributed by atoms with Gasteiger partial charge in [-0.05, 0) is 46.7 Å². The van der Waals surface area contributed by atoms with Crippen molar-refractivity contribution in [2.24, 2.45) is 5.84 Å². The number of hydrogen-bond acceptors (Lipinski definition) is 4. The van der Waals surface area contributed by atoms with Gasteiger partial charge in [-0.2, -0.15) is 11.8 Å². The molecule has 94 valence electrons. The molecule has 0 spiro atoms. The highest BCUT2D eigenvalue weighted by molar-refractivity contribution is 14.1. The van der Waals surface area contributed by atoms with Crippen LogP contribution >= 0.6 is 34.4 Å². The molecule has 3 nitrogen and oxygen atoms in total. The first-order valence-corrected chi connectivity index (χ1v) is 7.93. The second-order valence-electron chi connectivity index (χ2n) is 4.09. The fourth-order valence-electron chi connectivity index (χ4n) is 1.91. The van der Waals surface area contributed by atoms with E-state index >= 15 is 0 Å². The van der Waals surface area contributed by atoms with Gasteiger partial charge in [0, 0.05) is 15.1 Å². The maximum atomic E-state index is 5.76. The van der Waals surface area contributed by atoms with E-state index in [2.05, 4.69) is 52.3 Å². The summed E-state index contributed by atoms with van der Waals surface area (Å²) in [6, 6.07) is 8.76. The Hall–Kier alpha value is 0.180. The van der Waals surface area contributed by atoms with Crippen LogP contribution in [-0.2, 0) is 11.2 Å². The summed E-state index contributed by atoms with van der Waals surface area (Å²) in [4.78, 5) is 0. The maximum absolute atomic E-state index is 5.76. The van der Waals surface area contributed by atoms with E-state index in [1.165, 1.54) is 9.13 Å². The standard InChI is InChI=1S/C12H17IN2OS/c13-10-3-1-9(2-4-10)7-11(15-14)12-8-17-6-5-16-12/h1-4,11-12,15H,5-8,14H2. The van der Waals surface area contributed by atoms with Gasteiger partial charge >= 0.3 is 0 Å². The summed E-state index contributed by atoms with van der Waals surface area (Å²) in [5, 5.41) is 0. The highest BCUT2D eigenvalue weighted by Crippen LogP contribution is 2.18. The van der Waals surface area contributed by atoms with E-state index in [0.717, 1.165) is 24.5 Å². The lowest BCUT2D eigenvalue weighted by atomic mass is 10.0. The molecule has 2 unspecified atom stereocenters. The molecule has 0 aromatic heterocycles. The average molecular weight is 364 g/mol. The smallest absolute Gasteiger partial charge is 0.0835 e. The number of rotatable bonds is 4. The topological polar surface area (TPSA) is 47.3 Å². The van der Waals surface area contributed by atoms with Crippen LogP contribution in [0.1, 0.15) is 5.56 Å². The van der Waals surface area contributed by atoms with Gasteiger partial charge in [0.2, 0.25) is 0 Å². The van der Waals surface area contributed by atoms with Gasteiger partial charge < -0.3 is 4.74 Å². The molecule has 1 aromatic carbocycles. The maximum Gasteiger partial charge on any atom is 0.0835 e. The number of ether oxygens (including phenoxy) is 1. The number of hydrogen-bond donors (Lipinski definition) is 2. The van der Waals surface area contributed by atoms with Crippen molar-refractivity contribution < 1.29 is 4.74 Å². The molecule has 1 fully saturated rings. The summed E-state index contributed by atoms with van der Waals surface area (Å²) in [5.74, 6) is 7.76. The Morgan fingerprint density at radius 2 is 2.24 bits per heavy atom. The number of nitrogens with one attached hydrogen (secondary N) is 1. The van der Waals surface area contributed by atoms with Crippen LogP contribution in [0.15, 0.2) is 24.3 Å². The van der Waals surface area contributed by atoms with Crippen molar-refractivity contribution in [1.82, 2.24) is 5.43 Å². The molecule has 3 N–H and O–H groups in total. The summed E-state index contributed by atoms with van der Waals surface area (Å²) in [6.45, 7) is 0.834. The third kappa shape index (κ3) is 4.10. The molecule has 1 aromatic rings. The van der Waals surface area contributed by atoms with Crippen molar-refractivity contribution >= 4 is 34.4 Å². The molecule has 0 aliphatic carbocycles. The lowest BCUT2D eigenvalue weighted by Crippen LogP contribution is -2.49. The van der Waals surface area contributed by atoms with Crippen LogP contribution in [0.4, 0.5) is 0 Å². The fraction of sp³-hybridized carbons (Fsp3) is 0.500. The van der Waals surface area contributed by atoms with Gasteiger partial charge in [0.15, 0.2) is 0 Å². The molecule has 1 heterocycles. The molecule has 5 heteroatoms. The van der Waals surface area contributed by atoms with Crippen molar-refractivity contribution in [3.8, 4) is 0 Å².